The monoisotopic (exact) mass is 324 g/mol. The molecule has 2 rings (SSSR count). The summed E-state index contributed by atoms with van der Waals surface area (Å²) in [6, 6.07) is 10.9. The highest BCUT2D eigenvalue weighted by atomic mass is 16.1. The quantitative estimate of drug-likeness (QED) is 0.560. The Morgan fingerprint density at radius 1 is 1.04 bits per heavy atom. The number of hydrogen-bond acceptors (Lipinski definition) is 1. The SMILES string of the molecule is CCC(C)(C)c1cccc2cc(C(=O)C(C)(C)C)c(C(C)C)cc12. The van der Waals surface area contributed by atoms with Crippen LogP contribution in [0.1, 0.15) is 89.2 Å². The van der Waals surface area contributed by atoms with E-state index in [2.05, 4.69) is 65.0 Å². The van der Waals surface area contributed by atoms with E-state index in [-0.39, 0.29) is 16.6 Å². The van der Waals surface area contributed by atoms with E-state index in [0.29, 0.717) is 5.92 Å². The highest BCUT2D eigenvalue weighted by Crippen LogP contribution is 2.37. The van der Waals surface area contributed by atoms with E-state index in [1.165, 1.54) is 21.9 Å². The number of carbonyl (C=O) groups is 1. The molecule has 0 unspecified atom stereocenters. The van der Waals surface area contributed by atoms with Gasteiger partial charge in [0.25, 0.3) is 0 Å². The lowest BCUT2D eigenvalue weighted by molar-refractivity contribution is 0.0857. The molecule has 0 fully saturated rings. The zero-order chi connectivity index (χ0) is 18.3. The molecule has 130 valence electrons. The Kier molecular flexibility index (Phi) is 4.95. The van der Waals surface area contributed by atoms with Crippen molar-refractivity contribution in [2.75, 3.05) is 0 Å². The van der Waals surface area contributed by atoms with E-state index in [0.717, 1.165) is 12.0 Å². The summed E-state index contributed by atoms with van der Waals surface area (Å²) in [6.07, 6.45) is 1.09. The summed E-state index contributed by atoms with van der Waals surface area (Å²) in [5.41, 5.74) is 3.19. The van der Waals surface area contributed by atoms with Gasteiger partial charge in [-0.3, -0.25) is 4.79 Å². The minimum absolute atomic E-state index is 0.128. The van der Waals surface area contributed by atoms with Gasteiger partial charge in [-0.05, 0) is 51.8 Å². The number of benzene rings is 2. The molecule has 0 aromatic heterocycles. The van der Waals surface area contributed by atoms with Crippen molar-refractivity contribution >= 4 is 16.6 Å². The average molecular weight is 325 g/mol. The molecule has 0 heterocycles. The van der Waals surface area contributed by atoms with Gasteiger partial charge in [0.1, 0.15) is 0 Å². The average Bonchev–Trinajstić information content (AvgIpc) is 2.51. The van der Waals surface area contributed by atoms with Crippen LogP contribution in [0.2, 0.25) is 0 Å². The van der Waals surface area contributed by atoms with E-state index in [1.807, 2.05) is 20.8 Å². The van der Waals surface area contributed by atoms with Crippen molar-refractivity contribution in [1.29, 1.82) is 0 Å². The molecule has 0 atom stereocenters. The van der Waals surface area contributed by atoms with Crippen LogP contribution in [-0.4, -0.2) is 5.78 Å². The first-order valence-corrected chi connectivity index (χ1v) is 9.11. The van der Waals surface area contributed by atoms with Crippen molar-refractivity contribution in [3.05, 3.63) is 47.0 Å². The second-order valence-corrected chi connectivity index (χ2v) is 8.94. The number of carbonyl (C=O) groups excluding carboxylic acids is 1. The van der Waals surface area contributed by atoms with Crippen molar-refractivity contribution in [3.8, 4) is 0 Å². The molecule has 0 aliphatic carbocycles. The lowest BCUT2D eigenvalue weighted by Crippen LogP contribution is -2.22. The highest BCUT2D eigenvalue weighted by molar-refractivity contribution is 6.05. The Bertz CT molecular complexity index is 757. The molecule has 1 nitrogen and oxygen atoms in total. The summed E-state index contributed by atoms with van der Waals surface area (Å²) < 4.78 is 0. The van der Waals surface area contributed by atoms with E-state index < -0.39 is 0 Å². The Balaban J connectivity index is 2.81. The topological polar surface area (TPSA) is 17.1 Å². The molecule has 0 radical (unpaired) electrons. The van der Waals surface area contributed by atoms with Crippen molar-refractivity contribution in [3.63, 3.8) is 0 Å². The van der Waals surface area contributed by atoms with Crippen LogP contribution in [0.25, 0.3) is 10.8 Å². The Morgan fingerprint density at radius 2 is 1.67 bits per heavy atom. The van der Waals surface area contributed by atoms with Crippen molar-refractivity contribution in [2.24, 2.45) is 5.41 Å². The fourth-order valence-corrected chi connectivity index (χ4v) is 3.20. The smallest absolute Gasteiger partial charge is 0.168 e. The van der Waals surface area contributed by atoms with Gasteiger partial charge in [0.05, 0.1) is 0 Å². The van der Waals surface area contributed by atoms with Gasteiger partial charge in [0, 0.05) is 11.0 Å². The first kappa shape index (κ1) is 18.7. The van der Waals surface area contributed by atoms with Crippen LogP contribution < -0.4 is 0 Å². The van der Waals surface area contributed by atoms with Crippen molar-refractivity contribution in [1.82, 2.24) is 0 Å². The largest absolute Gasteiger partial charge is 0.294 e. The maximum absolute atomic E-state index is 13.0. The Hall–Kier alpha value is -1.63. The summed E-state index contributed by atoms with van der Waals surface area (Å²) in [7, 11) is 0. The summed E-state index contributed by atoms with van der Waals surface area (Å²) >= 11 is 0. The Morgan fingerprint density at radius 3 is 2.17 bits per heavy atom. The fraction of sp³-hybridized carbons (Fsp3) is 0.522. The number of fused-ring (bicyclic) bond motifs is 1. The zero-order valence-electron chi connectivity index (χ0n) is 16.6. The maximum Gasteiger partial charge on any atom is 0.168 e. The third-order valence-electron chi connectivity index (χ3n) is 5.21. The molecule has 24 heavy (non-hydrogen) atoms. The lowest BCUT2D eigenvalue weighted by atomic mass is 9.77. The van der Waals surface area contributed by atoms with Crippen LogP contribution in [0.15, 0.2) is 30.3 Å². The molecule has 2 aromatic carbocycles. The molecule has 0 aliphatic rings. The molecule has 0 saturated heterocycles. The summed E-state index contributed by atoms with van der Waals surface area (Å²) in [5, 5.41) is 2.46. The second kappa shape index (κ2) is 6.35. The van der Waals surface area contributed by atoms with Gasteiger partial charge in [0.15, 0.2) is 5.78 Å². The Labute approximate surface area is 147 Å². The van der Waals surface area contributed by atoms with Crippen LogP contribution in [0.5, 0.6) is 0 Å². The van der Waals surface area contributed by atoms with Crippen LogP contribution in [0.4, 0.5) is 0 Å². The van der Waals surface area contributed by atoms with Crippen LogP contribution >= 0.6 is 0 Å². The zero-order valence-corrected chi connectivity index (χ0v) is 16.6. The predicted octanol–water partition coefficient (Wildman–Crippen LogP) is 6.88. The van der Waals surface area contributed by atoms with E-state index in [4.69, 9.17) is 0 Å². The first-order valence-electron chi connectivity index (χ1n) is 9.11. The molecule has 0 spiro atoms. The van der Waals surface area contributed by atoms with Crippen LogP contribution in [0.3, 0.4) is 0 Å². The summed E-state index contributed by atoms with van der Waals surface area (Å²) in [6.45, 7) is 17.2. The standard InChI is InChI=1S/C23H32O/c1-9-23(7,8)20-12-10-11-16-13-19(21(24)22(4,5)6)17(15(2)3)14-18(16)20/h10-15H,9H2,1-8H3. The highest BCUT2D eigenvalue weighted by Gasteiger charge is 2.27. The van der Waals surface area contributed by atoms with Gasteiger partial charge < -0.3 is 0 Å². The molecule has 0 amide bonds. The first-order chi connectivity index (χ1) is 11.0. The van der Waals surface area contributed by atoms with E-state index >= 15 is 0 Å². The molecule has 0 saturated carbocycles. The molecule has 2 aromatic rings. The number of hydrogen-bond donors (Lipinski definition) is 0. The van der Waals surface area contributed by atoms with Crippen LogP contribution in [0, 0.1) is 5.41 Å². The van der Waals surface area contributed by atoms with Crippen LogP contribution in [-0.2, 0) is 5.41 Å². The third-order valence-corrected chi connectivity index (χ3v) is 5.21. The number of ketones is 1. The predicted molar refractivity (Wildman–Crippen MR) is 105 cm³/mol. The lowest BCUT2D eigenvalue weighted by Gasteiger charge is -2.27. The van der Waals surface area contributed by atoms with Gasteiger partial charge in [0.2, 0.25) is 0 Å². The third kappa shape index (κ3) is 3.41. The molecule has 1 heteroatoms. The molecule has 0 bridgehead atoms. The summed E-state index contributed by atoms with van der Waals surface area (Å²) in [4.78, 5) is 13.0. The fourth-order valence-electron chi connectivity index (χ4n) is 3.20. The van der Waals surface area contributed by atoms with Gasteiger partial charge >= 0.3 is 0 Å². The normalized spacial score (nSPS) is 12.9. The molecular weight excluding hydrogens is 292 g/mol. The number of Topliss-reactive ketones (excluding diaryl/α,β-unsaturated/α-hetero) is 1. The minimum atomic E-state index is -0.363. The second-order valence-electron chi connectivity index (χ2n) is 8.94. The van der Waals surface area contributed by atoms with Gasteiger partial charge in [-0.25, -0.2) is 0 Å². The minimum Gasteiger partial charge on any atom is -0.294 e. The van der Waals surface area contributed by atoms with Crippen molar-refractivity contribution < 1.29 is 4.79 Å². The van der Waals surface area contributed by atoms with Gasteiger partial charge in [-0.15, -0.1) is 0 Å². The number of rotatable bonds is 4. The van der Waals surface area contributed by atoms with Gasteiger partial charge in [-0.2, -0.15) is 0 Å². The van der Waals surface area contributed by atoms with Gasteiger partial charge in [-0.1, -0.05) is 73.6 Å². The maximum atomic E-state index is 13.0. The summed E-state index contributed by atoms with van der Waals surface area (Å²) in [5.74, 6) is 0.557. The molecule has 0 N–H and O–H groups in total. The molecular formula is C23H32O. The van der Waals surface area contributed by atoms with E-state index in [1.54, 1.807) is 0 Å². The molecule has 0 aliphatic heterocycles. The van der Waals surface area contributed by atoms with E-state index in [9.17, 15) is 4.79 Å². The van der Waals surface area contributed by atoms with Crippen molar-refractivity contribution in [2.45, 2.75) is 73.1 Å².